The van der Waals surface area contributed by atoms with Crippen molar-refractivity contribution in [3.63, 3.8) is 0 Å². The molecule has 1 atom stereocenters. The van der Waals surface area contributed by atoms with Gasteiger partial charge in [-0.05, 0) is 60.4 Å². The van der Waals surface area contributed by atoms with Gasteiger partial charge in [-0.25, -0.2) is 4.39 Å². The Morgan fingerprint density at radius 2 is 1.85 bits per heavy atom. The molecule has 0 radical (unpaired) electrons. The minimum Gasteiger partial charge on any atom is -0.309 e. The van der Waals surface area contributed by atoms with Gasteiger partial charge in [-0.1, -0.05) is 26.0 Å². The molecule has 33 heavy (non-hydrogen) atoms. The van der Waals surface area contributed by atoms with E-state index in [1.54, 1.807) is 25.1 Å². The van der Waals surface area contributed by atoms with Crippen molar-refractivity contribution < 1.29 is 22.4 Å². The summed E-state index contributed by atoms with van der Waals surface area (Å²) in [6.45, 7) is 5.92. The van der Waals surface area contributed by atoms with Crippen molar-refractivity contribution in [2.75, 3.05) is 6.54 Å². The highest BCUT2D eigenvalue weighted by Gasteiger charge is 2.30. The molecule has 2 aromatic rings. The summed E-state index contributed by atoms with van der Waals surface area (Å²) < 4.78 is 52.1. The zero-order valence-electron chi connectivity index (χ0n) is 18.2. The second-order valence-electron chi connectivity index (χ2n) is 7.96. The monoisotopic (exact) mass is 461 g/mol. The number of aryl methyl sites for hydroxylation is 1. The van der Waals surface area contributed by atoms with Crippen LogP contribution in [0.3, 0.4) is 0 Å². The van der Waals surface area contributed by atoms with Crippen LogP contribution in [0.2, 0.25) is 0 Å². The molecule has 1 unspecified atom stereocenters. The second kappa shape index (κ2) is 9.93. The van der Waals surface area contributed by atoms with Gasteiger partial charge in [0.1, 0.15) is 11.9 Å². The maximum atomic E-state index is 13.9. The number of hydrogen-bond acceptors (Lipinski definition) is 4. The molecule has 0 saturated heterocycles. The Morgan fingerprint density at radius 3 is 2.45 bits per heavy atom. The van der Waals surface area contributed by atoms with E-state index in [1.807, 2.05) is 13.8 Å². The predicted octanol–water partition coefficient (Wildman–Crippen LogP) is 5.53. The molecule has 2 aromatic carbocycles. The van der Waals surface area contributed by atoms with Crippen LogP contribution in [0.4, 0.5) is 17.6 Å². The molecule has 10 heteroatoms. The number of alkyl halides is 3. The van der Waals surface area contributed by atoms with E-state index >= 15 is 0 Å². The average Bonchev–Trinajstić information content (AvgIpc) is 3.22. The first-order chi connectivity index (χ1) is 15.5. The summed E-state index contributed by atoms with van der Waals surface area (Å²) in [5.74, 6) is -0.412. The Kier molecular flexibility index (Phi) is 7.25. The van der Waals surface area contributed by atoms with Gasteiger partial charge in [0.2, 0.25) is 5.96 Å². The molecule has 0 spiro atoms. The number of hydrogen-bond donors (Lipinski definition) is 2. The molecule has 1 heterocycles. The molecule has 1 aliphatic rings. The molecule has 174 valence electrons. The number of nitrogens with zero attached hydrogens (tertiary/aromatic N) is 3. The Labute approximate surface area is 188 Å². The third-order valence-electron chi connectivity index (χ3n) is 4.71. The van der Waals surface area contributed by atoms with E-state index < -0.39 is 23.7 Å². The van der Waals surface area contributed by atoms with Crippen molar-refractivity contribution in [1.29, 1.82) is 0 Å². The van der Waals surface area contributed by atoms with Crippen LogP contribution >= 0.6 is 0 Å². The minimum atomic E-state index is -4.49. The van der Waals surface area contributed by atoms with E-state index in [4.69, 9.17) is 0 Å². The quantitative estimate of drug-likeness (QED) is 0.349. The third kappa shape index (κ3) is 6.47. The van der Waals surface area contributed by atoms with Crippen molar-refractivity contribution in [3.05, 3.63) is 82.4 Å². The van der Waals surface area contributed by atoms with Crippen LogP contribution in [0, 0.1) is 18.7 Å². The lowest BCUT2D eigenvalue weighted by atomic mass is 10.1. The maximum absolute atomic E-state index is 13.9. The number of aliphatic imine (C=N–C) groups is 1. The highest BCUT2D eigenvalue weighted by Crippen LogP contribution is 2.29. The standard InChI is InChI=1S/C23H23F4N5O/c1-13(2)12-28-22(30-21(33)15-6-8-17(9-7-15)23(25,26)27)29-20-11-19(31-32-20)16-5-4-14(3)18(24)10-16/h4-11,13,19H,12H2,1-3H3,(H2,28,29,30,33). The first kappa shape index (κ1) is 24.1. The van der Waals surface area contributed by atoms with Gasteiger partial charge in [0.05, 0.1) is 5.56 Å². The maximum Gasteiger partial charge on any atom is 0.416 e. The Balaban J connectivity index is 1.74. The van der Waals surface area contributed by atoms with Gasteiger partial charge in [0.15, 0.2) is 5.82 Å². The van der Waals surface area contributed by atoms with Gasteiger partial charge in [-0.2, -0.15) is 18.3 Å². The summed E-state index contributed by atoms with van der Waals surface area (Å²) >= 11 is 0. The lowest BCUT2D eigenvalue weighted by Crippen LogP contribution is -2.40. The second-order valence-corrected chi connectivity index (χ2v) is 7.96. The number of azo groups is 1. The topological polar surface area (TPSA) is 78.2 Å². The van der Waals surface area contributed by atoms with Crippen LogP contribution in [-0.2, 0) is 6.18 Å². The molecule has 1 aliphatic heterocycles. The Bertz CT molecular complexity index is 1100. The number of halogens is 4. The number of carbonyl (C=O) groups is 1. The minimum absolute atomic E-state index is 0.0390. The van der Waals surface area contributed by atoms with E-state index in [9.17, 15) is 22.4 Å². The summed E-state index contributed by atoms with van der Waals surface area (Å²) in [5.41, 5.74) is 0.330. The Hall–Kier alpha value is -3.56. The summed E-state index contributed by atoms with van der Waals surface area (Å²) in [7, 11) is 0. The molecule has 0 aliphatic carbocycles. The SMILES string of the molecule is Cc1ccc(C2C=C(NC(=NCC(C)C)NC(=O)c3ccc(C(F)(F)F)cc3)N=N2)cc1F. The van der Waals surface area contributed by atoms with Crippen LogP contribution in [-0.4, -0.2) is 18.4 Å². The molecule has 1 amide bonds. The van der Waals surface area contributed by atoms with Crippen molar-refractivity contribution in [2.45, 2.75) is 33.0 Å². The van der Waals surface area contributed by atoms with E-state index in [0.29, 0.717) is 23.5 Å². The largest absolute Gasteiger partial charge is 0.416 e. The lowest BCUT2D eigenvalue weighted by Gasteiger charge is -2.12. The van der Waals surface area contributed by atoms with E-state index in [0.717, 1.165) is 24.3 Å². The fourth-order valence-corrected chi connectivity index (χ4v) is 2.86. The fraction of sp³-hybridized carbons (Fsp3) is 0.304. The van der Waals surface area contributed by atoms with Crippen LogP contribution in [0.15, 0.2) is 69.6 Å². The average molecular weight is 461 g/mol. The van der Waals surface area contributed by atoms with Gasteiger partial charge >= 0.3 is 6.18 Å². The third-order valence-corrected chi connectivity index (χ3v) is 4.71. The molecule has 0 fully saturated rings. The number of carbonyl (C=O) groups excluding carboxylic acids is 1. The molecule has 3 rings (SSSR count). The molecule has 6 nitrogen and oxygen atoms in total. The zero-order valence-corrected chi connectivity index (χ0v) is 18.2. The number of amides is 1. The highest BCUT2D eigenvalue weighted by molar-refractivity contribution is 6.06. The van der Waals surface area contributed by atoms with Gasteiger partial charge < -0.3 is 5.32 Å². The van der Waals surface area contributed by atoms with Crippen molar-refractivity contribution >= 4 is 11.9 Å². The fourth-order valence-electron chi connectivity index (χ4n) is 2.86. The summed E-state index contributed by atoms with van der Waals surface area (Å²) in [4.78, 5) is 16.9. The van der Waals surface area contributed by atoms with Crippen LogP contribution in [0.5, 0.6) is 0 Å². The zero-order chi connectivity index (χ0) is 24.2. The first-order valence-electron chi connectivity index (χ1n) is 10.2. The number of guanidine groups is 1. The molecule has 0 saturated carbocycles. The number of rotatable bonds is 5. The molecule has 2 N–H and O–H groups in total. The van der Waals surface area contributed by atoms with Gasteiger partial charge in [-0.3, -0.25) is 15.1 Å². The van der Waals surface area contributed by atoms with E-state index in [1.165, 1.54) is 6.07 Å². The van der Waals surface area contributed by atoms with Crippen LogP contribution < -0.4 is 10.6 Å². The molecule has 0 bridgehead atoms. The van der Waals surface area contributed by atoms with Gasteiger partial charge in [-0.15, -0.1) is 5.11 Å². The molecular formula is C23H23F4N5O. The van der Waals surface area contributed by atoms with Gasteiger partial charge in [0, 0.05) is 12.1 Å². The summed E-state index contributed by atoms with van der Waals surface area (Å²) in [6, 6.07) is 8.15. The highest BCUT2D eigenvalue weighted by atomic mass is 19.4. The smallest absolute Gasteiger partial charge is 0.309 e. The molecule has 0 aromatic heterocycles. The van der Waals surface area contributed by atoms with Crippen molar-refractivity contribution in [1.82, 2.24) is 10.6 Å². The first-order valence-corrected chi connectivity index (χ1v) is 10.2. The Morgan fingerprint density at radius 1 is 1.15 bits per heavy atom. The summed E-state index contributed by atoms with van der Waals surface area (Å²) in [6.07, 6.45) is -2.84. The summed E-state index contributed by atoms with van der Waals surface area (Å²) in [5, 5.41) is 13.6. The molecular weight excluding hydrogens is 438 g/mol. The van der Waals surface area contributed by atoms with Crippen LogP contribution in [0.1, 0.15) is 46.9 Å². The normalized spacial score (nSPS) is 16.2. The lowest BCUT2D eigenvalue weighted by molar-refractivity contribution is -0.137. The van der Waals surface area contributed by atoms with Crippen molar-refractivity contribution in [3.8, 4) is 0 Å². The van der Waals surface area contributed by atoms with Crippen LogP contribution in [0.25, 0.3) is 0 Å². The van der Waals surface area contributed by atoms with E-state index in [-0.39, 0.29) is 23.3 Å². The number of nitrogens with one attached hydrogen (secondary N) is 2. The predicted molar refractivity (Wildman–Crippen MR) is 116 cm³/mol. The van der Waals surface area contributed by atoms with E-state index in [2.05, 4.69) is 25.9 Å². The van der Waals surface area contributed by atoms with Gasteiger partial charge in [0.25, 0.3) is 5.91 Å². The number of benzene rings is 2. The van der Waals surface area contributed by atoms with Crippen molar-refractivity contribution in [2.24, 2.45) is 21.1 Å².